The van der Waals surface area contributed by atoms with E-state index >= 15 is 8.78 Å². The Labute approximate surface area is 487 Å². The van der Waals surface area contributed by atoms with Crippen molar-refractivity contribution in [1.82, 2.24) is 30.4 Å². The Morgan fingerprint density at radius 1 is 0.494 bits per heavy atom. The second kappa shape index (κ2) is 29.6. The Kier molecular flexibility index (Phi) is 20.9. The number of methoxy groups -OCH3 is 2. The van der Waals surface area contributed by atoms with Gasteiger partial charge in [-0.1, -0.05) is 42.5 Å². The number of rotatable bonds is 20. The lowest BCUT2D eigenvalue weighted by Crippen LogP contribution is -2.38. The molecule has 0 saturated carbocycles. The number of benzene rings is 6. The van der Waals surface area contributed by atoms with Gasteiger partial charge in [-0.2, -0.15) is 0 Å². The molecule has 2 aliphatic heterocycles. The number of amides is 6. The zero-order valence-corrected chi connectivity index (χ0v) is 46.5. The van der Waals surface area contributed by atoms with E-state index in [2.05, 4.69) is 41.0 Å². The van der Waals surface area contributed by atoms with Crippen LogP contribution in [0.25, 0.3) is 21.8 Å². The summed E-state index contributed by atoms with van der Waals surface area (Å²) < 4.78 is 88.7. The molecule has 8 aromatic rings. The fraction of sp³-hybridized carbons (Fsp3) is 0.258. The van der Waals surface area contributed by atoms with Gasteiger partial charge in [-0.3, -0.25) is 40.0 Å². The molecule has 2 aromatic heterocycles. The number of aromatic nitrogens is 2. The van der Waals surface area contributed by atoms with Crippen LogP contribution < -0.4 is 49.7 Å². The van der Waals surface area contributed by atoms with Crippen LogP contribution >= 0.6 is 0 Å². The number of carbonyl (C=O) groups is 4. The summed E-state index contributed by atoms with van der Waals surface area (Å²) in [5.41, 5.74) is 2.73. The van der Waals surface area contributed by atoms with Gasteiger partial charge in [0.25, 0.3) is 0 Å². The maximum absolute atomic E-state index is 15.0. The lowest BCUT2D eigenvalue weighted by atomic mass is 10.1. The third-order valence-corrected chi connectivity index (χ3v) is 13.3. The van der Waals surface area contributed by atoms with E-state index in [1.807, 2.05) is 6.07 Å². The molecule has 20 nitrogen and oxygen atoms in total. The van der Waals surface area contributed by atoms with Crippen LogP contribution in [0.2, 0.25) is 0 Å². The molecule has 4 heterocycles. The minimum atomic E-state index is -0.838. The van der Waals surface area contributed by atoms with Gasteiger partial charge in [-0.05, 0) is 71.8 Å². The Morgan fingerprint density at radius 3 is 1.35 bits per heavy atom. The molecule has 85 heavy (non-hydrogen) atoms. The van der Waals surface area contributed by atoms with Crippen LogP contribution in [0.5, 0.6) is 46.0 Å². The molecule has 10 rings (SSSR count). The summed E-state index contributed by atoms with van der Waals surface area (Å²) >= 11 is 0. The van der Waals surface area contributed by atoms with Crippen molar-refractivity contribution in [1.29, 1.82) is 0 Å². The van der Waals surface area contributed by atoms with Gasteiger partial charge < -0.3 is 48.5 Å². The molecule has 2 aliphatic rings. The molecular weight excluding hydrogens is 1110 g/mol. The monoisotopic (exact) mass is 1170 g/mol. The fourth-order valence-electron chi connectivity index (χ4n) is 8.99. The molecule has 0 spiro atoms. The maximum atomic E-state index is 15.0. The van der Waals surface area contributed by atoms with Crippen LogP contribution in [-0.4, -0.2) is 137 Å². The Balaban J connectivity index is 0.000000204. The molecule has 0 bridgehead atoms. The number of imide groups is 2. The second-order valence-corrected chi connectivity index (χ2v) is 19.2. The zero-order chi connectivity index (χ0) is 59.5. The first kappa shape index (κ1) is 60.1. The number of halogens is 3. The van der Waals surface area contributed by atoms with Crippen LogP contribution in [0, 0.1) is 17.5 Å². The number of nitrogens with zero attached hydrogens (tertiary/aromatic N) is 4. The fourth-order valence-corrected chi connectivity index (χ4v) is 8.99. The number of anilines is 2. The van der Waals surface area contributed by atoms with Gasteiger partial charge in [0.1, 0.15) is 30.5 Å². The smallest absolute Gasteiger partial charge is 0.325 e. The van der Waals surface area contributed by atoms with E-state index in [0.29, 0.717) is 88.3 Å². The average Bonchev–Trinajstić information content (AvgIpc) is 2.62. The first-order chi connectivity index (χ1) is 41.4. The average molecular weight is 1170 g/mol. The maximum Gasteiger partial charge on any atom is 0.325 e. The van der Waals surface area contributed by atoms with Crippen molar-refractivity contribution in [2.75, 3.05) is 104 Å². The van der Waals surface area contributed by atoms with Crippen molar-refractivity contribution >= 4 is 57.1 Å². The summed E-state index contributed by atoms with van der Waals surface area (Å²) in [6, 6.07) is 30.8. The van der Waals surface area contributed by atoms with Crippen molar-refractivity contribution < 1.29 is 70.2 Å². The highest BCUT2D eigenvalue weighted by atomic mass is 19.1. The predicted octanol–water partition coefficient (Wildman–Crippen LogP) is 9.69. The van der Waals surface area contributed by atoms with Crippen LogP contribution in [-0.2, 0) is 31.9 Å². The first-order valence-corrected chi connectivity index (χ1v) is 27.1. The third-order valence-electron chi connectivity index (χ3n) is 13.3. The number of carbonyl (C=O) groups excluding carboxylic acids is 4. The van der Waals surface area contributed by atoms with Crippen molar-refractivity contribution in [3.05, 3.63) is 168 Å². The Hall–Kier alpha value is -9.55. The normalized spacial score (nSPS) is 13.4. The molecule has 6 aromatic carbocycles. The Bertz CT molecular complexity index is 3610. The molecular formula is C62H61F3N8O12. The molecule has 442 valence electrons. The summed E-state index contributed by atoms with van der Waals surface area (Å²) in [6.07, 6.45) is 3.03. The minimum absolute atomic E-state index is 0.0438. The van der Waals surface area contributed by atoms with Gasteiger partial charge in [0.15, 0.2) is 46.1 Å². The number of morpholine rings is 2. The van der Waals surface area contributed by atoms with Crippen LogP contribution in [0.15, 0.2) is 140 Å². The quantitative estimate of drug-likeness (QED) is 0.0558. The summed E-state index contributed by atoms with van der Waals surface area (Å²) in [5, 5.41) is 10.5. The molecule has 6 amide bonds. The largest absolute Gasteiger partial charge is 0.493 e. The van der Waals surface area contributed by atoms with E-state index in [0.717, 1.165) is 70.2 Å². The number of ether oxygens (including phenoxy) is 8. The van der Waals surface area contributed by atoms with Crippen LogP contribution in [0.1, 0.15) is 11.1 Å². The molecule has 2 saturated heterocycles. The van der Waals surface area contributed by atoms with Gasteiger partial charge in [-0.15, -0.1) is 0 Å². The molecule has 0 atom stereocenters. The van der Waals surface area contributed by atoms with Gasteiger partial charge in [0, 0.05) is 98.1 Å². The highest BCUT2D eigenvalue weighted by Gasteiger charge is 2.20. The molecule has 4 N–H and O–H groups in total. The predicted molar refractivity (Wildman–Crippen MR) is 310 cm³/mol. The summed E-state index contributed by atoms with van der Waals surface area (Å²) in [5.74, 6) is -0.346. The highest BCUT2D eigenvalue weighted by molar-refractivity contribution is 6.02. The van der Waals surface area contributed by atoms with Gasteiger partial charge >= 0.3 is 12.1 Å². The molecule has 2 fully saturated rings. The zero-order valence-electron chi connectivity index (χ0n) is 46.5. The second-order valence-electron chi connectivity index (χ2n) is 19.2. The van der Waals surface area contributed by atoms with E-state index in [9.17, 15) is 23.6 Å². The standard InChI is InChI=1S/C31H30F2N4O6.C31H31FN4O6/c1-40-28-18-23-25(19-29(28)42-15-12-37-10-13-41-14-11-37)34-9-8-26(23)43-27-7-6-22(17-24(27)33)35-31(39)36-30(38)16-20-2-4-21(32)5-3-20;1-39-28-19-23-25(20-29(28)41-16-13-36-11-14-40-15-12-36)33-10-9-26(23)42-27-8-7-22(18-24(27)32)34-31(38)35-30(37)17-21-5-3-2-4-6-21/h2-9,17-19H,10-16H2,1H3,(H2,35,36,38,39);2-10,18-20H,11-17H2,1H3,(H2,34,35,37,38). The van der Waals surface area contributed by atoms with Crippen molar-refractivity contribution in [3.8, 4) is 46.0 Å². The first-order valence-electron chi connectivity index (χ1n) is 27.1. The SMILES string of the molecule is COc1cc2c(Oc3ccc(NC(=O)NC(=O)Cc4ccc(F)cc4)cc3F)ccnc2cc1OCCN1CCOCC1.COc1cc2c(Oc3ccc(NC(=O)NC(=O)Cc4ccccc4)cc3F)ccnc2cc1OCCN1CCOCC1. The number of nitrogens with one attached hydrogen (secondary N) is 4. The van der Waals surface area contributed by atoms with E-state index in [4.69, 9.17) is 37.9 Å². The highest BCUT2D eigenvalue weighted by Crippen LogP contribution is 2.40. The van der Waals surface area contributed by atoms with Gasteiger partial charge in [0.05, 0.1) is 64.5 Å². The van der Waals surface area contributed by atoms with E-state index in [-0.39, 0.29) is 35.7 Å². The summed E-state index contributed by atoms with van der Waals surface area (Å²) in [4.78, 5) is 62.1. The number of hydrogen-bond acceptors (Lipinski definition) is 16. The molecule has 0 aliphatic carbocycles. The molecule has 0 radical (unpaired) electrons. The summed E-state index contributed by atoms with van der Waals surface area (Å²) in [6.45, 7) is 8.77. The van der Waals surface area contributed by atoms with E-state index in [1.54, 1.807) is 80.2 Å². The number of pyridine rings is 2. The molecule has 23 heteroatoms. The molecule has 0 unspecified atom stereocenters. The lowest BCUT2D eigenvalue weighted by molar-refractivity contribution is -0.120. The van der Waals surface area contributed by atoms with Crippen molar-refractivity contribution in [3.63, 3.8) is 0 Å². The van der Waals surface area contributed by atoms with Crippen LogP contribution in [0.3, 0.4) is 0 Å². The van der Waals surface area contributed by atoms with Crippen LogP contribution in [0.4, 0.5) is 34.1 Å². The topological polar surface area (TPSA) is 222 Å². The number of urea groups is 2. The van der Waals surface area contributed by atoms with Crippen molar-refractivity contribution in [2.24, 2.45) is 0 Å². The van der Waals surface area contributed by atoms with Crippen molar-refractivity contribution in [2.45, 2.75) is 12.8 Å². The lowest BCUT2D eigenvalue weighted by Gasteiger charge is -2.26. The van der Waals surface area contributed by atoms with E-state index < -0.39 is 41.3 Å². The van der Waals surface area contributed by atoms with Gasteiger partial charge in [-0.25, -0.2) is 22.8 Å². The Morgan fingerprint density at radius 2 is 0.929 bits per heavy atom. The minimum Gasteiger partial charge on any atom is -0.493 e. The van der Waals surface area contributed by atoms with E-state index in [1.165, 1.54) is 55.6 Å². The number of hydrogen-bond donors (Lipinski definition) is 4. The summed E-state index contributed by atoms with van der Waals surface area (Å²) in [7, 11) is 3.08. The third kappa shape index (κ3) is 17.3. The number of fused-ring (bicyclic) bond motifs is 2. The van der Waals surface area contributed by atoms with Gasteiger partial charge in [0.2, 0.25) is 11.8 Å².